The van der Waals surface area contributed by atoms with E-state index in [1.165, 1.54) is 32.1 Å². The first-order valence-corrected chi connectivity index (χ1v) is 7.84. The van der Waals surface area contributed by atoms with Gasteiger partial charge in [-0.2, -0.15) is 0 Å². The number of rotatable bonds is 8. The summed E-state index contributed by atoms with van der Waals surface area (Å²) in [6, 6.07) is -0.135. The standard InChI is InChI=1S/C15H28N2O3/c1-12(14(18)19)6-5-10-16-15(20)17-11-9-13-7-3-2-4-8-13/h12-13H,2-11H2,1H3,(H,18,19)(H2,16,17,20). The predicted molar refractivity (Wildman–Crippen MR) is 78.6 cm³/mol. The van der Waals surface area contributed by atoms with E-state index in [4.69, 9.17) is 5.11 Å². The second kappa shape index (κ2) is 9.61. The predicted octanol–water partition coefficient (Wildman–Crippen LogP) is 2.76. The van der Waals surface area contributed by atoms with E-state index in [1.807, 2.05) is 0 Å². The molecule has 0 saturated heterocycles. The fraction of sp³-hybridized carbons (Fsp3) is 0.867. The van der Waals surface area contributed by atoms with Gasteiger partial charge in [-0.15, -0.1) is 0 Å². The van der Waals surface area contributed by atoms with Crippen LogP contribution in [0.2, 0.25) is 0 Å². The van der Waals surface area contributed by atoms with Gasteiger partial charge in [0, 0.05) is 13.1 Å². The van der Waals surface area contributed by atoms with Crippen molar-refractivity contribution in [2.24, 2.45) is 11.8 Å². The zero-order valence-corrected chi connectivity index (χ0v) is 12.5. The Labute approximate surface area is 121 Å². The molecular weight excluding hydrogens is 256 g/mol. The van der Waals surface area contributed by atoms with Crippen LogP contribution in [-0.2, 0) is 4.79 Å². The molecule has 0 aromatic heterocycles. The van der Waals surface area contributed by atoms with Gasteiger partial charge >= 0.3 is 12.0 Å². The van der Waals surface area contributed by atoms with Crippen LogP contribution in [0.15, 0.2) is 0 Å². The summed E-state index contributed by atoms with van der Waals surface area (Å²) in [6.07, 6.45) is 8.99. The number of amides is 2. The monoisotopic (exact) mass is 284 g/mol. The number of aliphatic carboxylic acids is 1. The van der Waals surface area contributed by atoms with Crippen molar-refractivity contribution in [3.8, 4) is 0 Å². The Morgan fingerprint density at radius 2 is 1.80 bits per heavy atom. The average Bonchev–Trinajstić information content (AvgIpc) is 2.44. The molecule has 1 aliphatic rings. The fourth-order valence-electron chi connectivity index (χ4n) is 2.66. The van der Waals surface area contributed by atoms with Crippen LogP contribution in [-0.4, -0.2) is 30.2 Å². The highest BCUT2D eigenvalue weighted by atomic mass is 16.4. The Balaban J connectivity index is 1.96. The molecule has 5 nitrogen and oxygen atoms in total. The molecule has 0 bridgehead atoms. The molecule has 2 amide bonds. The Morgan fingerprint density at radius 1 is 1.15 bits per heavy atom. The number of hydrogen-bond donors (Lipinski definition) is 3. The normalized spacial score (nSPS) is 17.4. The fourth-order valence-corrected chi connectivity index (χ4v) is 2.66. The van der Waals surface area contributed by atoms with E-state index in [1.54, 1.807) is 6.92 Å². The molecular formula is C15H28N2O3. The number of hydrogen-bond acceptors (Lipinski definition) is 2. The molecule has 20 heavy (non-hydrogen) atoms. The van der Waals surface area contributed by atoms with Gasteiger partial charge in [0.15, 0.2) is 0 Å². The van der Waals surface area contributed by atoms with Crippen molar-refractivity contribution in [1.82, 2.24) is 10.6 Å². The smallest absolute Gasteiger partial charge is 0.314 e. The third kappa shape index (κ3) is 7.36. The maximum absolute atomic E-state index is 11.5. The maximum Gasteiger partial charge on any atom is 0.314 e. The first kappa shape index (κ1) is 16.8. The summed E-state index contributed by atoms with van der Waals surface area (Å²) in [7, 11) is 0. The van der Waals surface area contributed by atoms with Gasteiger partial charge in [0.05, 0.1) is 5.92 Å². The summed E-state index contributed by atoms with van der Waals surface area (Å²) in [5, 5.41) is 14.4. The van der Waals surface area contributed by atoms with E-state index < -0.39 is 5.97 Å². The number of carboxylic acid groups (broad SMARTS) is 1. The van der Waals surface area contributed by atoms with E-state index >= 15 is 0 Å². The van der Waals surface area contributed by atoms with Crippen molar-refractivity contribution < 1.29 is 14.7 Å². The minimum Gasteiger partial charge on any atom is -0.481 e. The highest BCUT2D eigenvalue weighted by Gasteiger charge is 2.13. The third-order valence-electron chi connectivity index (χ3n) is 4.08. The summed E-state index contributed by atoms with van der Waals surface area (Å²) in [4.78, 5) is 22.1. The molecule has 1 fully saturated rings. The third-order valence-corrected chi connectivity index (χ3v) is 4.08. The molecule has 1 aliphatic carbocycles. The van der Waals surface area contributed by atoms with Crippen LogP contribution < -0.4 is 10.6 Å². The lowest BCUT2D eigenvalue weighted by atomic mass is 9.87. The van der Waals surface area contributed by atoms with Crippen LogP contribution in [0.1, 0.15) is 58.3 Å². The summed E-state index contributed by atoms with van der Waals surface area (Å²) in [5.74, 6) is -0.339. The van der Waals surface area contributed by atoms with Gasteiger partial charge < -0.3 is 15.7 Å². The van der Waals surface area contributed by atoms with E-state index in [2.05, 4.69) is 10.6 Å². The minimum absolute atomic E-state index is 0.135. The first-order chi connectivity index (χ1) is 9.59. The maximum atomic E-state index is 11.5. The van der Waals surface area contributed by atoms with Crippen LogP contribution in [0, 0.1) is 11.8 Å². The van der Waals surface area contributed by atoms with Gasteiger partial charge in [-0.1, -0.05) is 39.0 Å². The topological polar surface area (TPSA) is 78.4 Å². The molecule has 1 rings (SSSR count). The zero-order valence-electron chi connectivity index (χ0n) is 12.5. The van der Waals surface area contributed by atoms with E-state index in [-0.39, 0.29) is 11.9 Å². The Hall–Kier alpha value is -1.26. The van der Waals surface area contributed by atoms with Crippen molar-refractivity contribution in [3.63, 3.8) is 0 Å². The molecule has 0 radical (unpaired) electrons. The zero-order chi connectivity index (χ0) is 14.8. The molecule has 116 valence electrons. The van der Waals surface area contributed by atoms with Crippen molar-refractivity contribution in [3.05, 3.63) is 0 Å². The van der Waals surface area contributed by atoms with Crippen LogP contribution in [0.5, 0.6) is 0 Å². The highest BCUT2D eigenvalue weighted by Crippen LogP contribution is 2.25. The Kier molecular flexibility index (Phi) is 8.07. The molecule has 0 aromatic rings. The van der Waals surface area contributed by atoms with Crippen LogP contribution >= 0.6 is 0 Å². The van der Waals surface area contributed by atoms with Gasteiger partial charge in [0.2, 0.25) is 0 Å². The number of carbonyl (C=O) groups is 2. The summed E-state index contributed by atoms with van der Waals surface area (Å²) < 4.78 is 0. The van der Waals surface area contributed by atoms with E-state index in [0.717, 1.165) is 18.9 Å². The number of urea groups is 1. The lowest BCUT2D eigenvalue weighted by molar-refractivity contribution is -0.141. The lowest BCUT2D eigenvalue weighted by Crippen LogP contribution is -2.37. The van der Waals surface area contributed by atoms with Crippen molar-refractivity contribution in [2.75, 3.05) is 13.1 Å². The average molecular weight is 284 g/mol. The van der Waals surface area contributed by atoms with Gasteiger partial charge in [-0.25, -0.2) is 4.79 Å². The van der Waals surface area contributed by atoms with E-state index in [9.17, 15) is 9.59 Å². The summed E-state index contributed by atoms with van der Waals surface area (Å²) in [5.41, 5.74) is 0. The second-order valence-electron chi connectivity index (χ2n) is 5.86. The molecule has 0 aliphatic heterocycles. The van der Waals surface area contributed by atoms with Gasteiger partial charge in [0.1, 0.15) is 0 Å². The largest absolute Gasteiger partial charge is 0.481 e. The molecule has 0 heterocycles. The van der Waals surface area contributed by atoms with Crippen LogP contribution in [0.3, 0.4) is 0 Å². The van der Waals surface area contributed by atoms with Crippen LogP contribution in [0.25, 0.3) is 0 Å². The van der Waals surface area contributed by atoms with Crippen molar-refractivity contribution >= 4 is 12.0 Å². The SMILES string of the molecule is CC(CCCNC(=O)NCCC1CCCCC1)C(=O)O. The Bertz CT molecular complexity index is 301. The molecule has 0 spiro atoms. The quantitative estimate of drug-likeness (QED) is 0.600. The summed E-state index contributed by atoms with van der Waals surface area (Å²) >= 11 is 0. The lowest BCUT2D eigenvalue weighted by Gasteiger charge is -2.21. The van der Waals surface area contributed by atoms with Gasteiger partial charge in [0.25, 0.3) is 0 Å². The van der Waals surface area contributed by atoms with Gasteiger partial charge in [-0.3, -0.25) is 4.79 Å². The summed E-state index contributed by atoms with van der Waals surface area (Å²) in [6.45, 7) is 2.96. The van der Waals surface area contributed by atoms with Crippen molar-refractivity contribution in [1.29, 1.82) is 0 Å². The molecule has 5 heteroatoms. The molecule has 1 atom stereocenters. The van der Waals surface area contributed by atoms with E-state index in [0.29, 0.717) is 19.4 Å². The first-order valence-electron chi connectivity index (χ1n) is 7.84. The molecule has 3 N–H and O–H groups in total. The Morgan fingerprint density at radius 3 is 2.45 bits per heavy atom. The number of nitrogens with one attached hydrogen (secondary N) is 2. The van der Waals surface area contributed by atoms with Gasteiger partial charge in [-0.05, 0) is 25.2 Å². The van der Waals surface area contributed by atoms with Crippen LogP contribution in [0.4, 0.5) is 4.79 Å². The second-order valence-corrected chi connectivity index (χ2v) is 5.86. The minimum atomic E-state index is -0.776. The number of carbonyl (C=O) groups excluding carboxylic acids is 1. The number of carboxylic acids is 1. The van der Waals surface area contributed by atoms with Crippen molar-refractivity contribution in [2.45, 2.75) is 58.3 Å². The molecule has 1 saturated carbocycles. The highest BCUT2D eigenvalue weighted by molar-refractivity contribution is 5.73. The molecule has 1 unspecified atom stereocenters. The molecule has 0 aromatic carbocycles.